The van der Waals surface area contributed by atoms with Crippen LogP contribution in [0.4, 0.5) is 0 Å². The van der Waals surface area contributed by atoms with Gasteiger partial charge in [0.1, 0.15) is 0 Å². The van der Waals surface area contributed by atoms with Crippen LogP contribution in [0.5, 0.6) is 0 Å². The maximum Gasteiger partial charge on any atom is 0.385 e. The SMILES string of the molecule is COOC(=O)C1N(C)C=C2C=CC=CN21. The lowest BCUT2D eigenvalue weighted by Crippen LogP contribution is -2.43. The summed E-state index contributed by atoms with van der Waals surface area (Å²) in [6.45, 7) is 0. The van der Waals surface area contributed by atoms with E-state index in [-0.39, 0.29) is 0 Å². The first-order valence-corrected chi connectivity index (χ1v) is 4.55. The van der Waals surface area contributed by atoms with Crippen molar-refractivity contribution in [2.24, 2.45) is 0 Å². The van der Waals surface area contributed by atoms with Crippen molar-refractivity contribution in [2.45, 2.75) is 6.17 Å². The molecule has 1 unspecified atom stereocenters. The van der Waals surface area contributed by atoms with Crippen LogP contribution in [0.25, 0.3) is 0 Å². The fraction of sp³-hybridized carbons (Fsp3) is 0.300. The zero-order valence-electron chi connectivity index (χ0n) is 8.58. The fourth-order valence-electron chi connectivity index (χ4n) is 1.68. The number of carbonyl (C=O) groups excluding carboxylic acids is 1. The van der Waals surface area contributed by atoms with Crippen LogP contribution >= 0.6 is 0 Å². The molecule has 80 valence electrons. The molecule has 2 aliphatic heterocycles. The minimum Gasteiger partial charge on any atom is -0.349 e. The molecule has 0 saturated heterocycles. The van der Waals surface area contributed by atoms with Crippen molar-refractivity contribution in [3.8, 4) is 0 Å². The van der Waals surface area contributed by atoms with Gasteiger partial charge in [0.15, 0.2) is 0 Å². The summed E-state index contributed by atoms with van der Waals surface area (Å²) in [6, 6.07) is 0. The van der Waals surface area contributed by atoms with E-state index in [9.17, 15) is 4.79 Å². The van der Waals surface area contributed by atoms with Crippen LogP contribution < -0.4 is 0 Å². The van der Waals surface area contributed by atoms with E-state index in [0.29, 0.717) is 0 Å². The van der Waals surface area contributed by atoms with Crippen molar-refractivity contribution in [1.29, 1.82) is 0 Å². The summed E-state index contributed by atoms with van der Waals surface area (Å²) < 4.78 is 0. The molecule has 5 heteroatoms. The van der Waals surface area contributed by atoms with Gasteiger partial charge in [0.05, 0.1) is 12.8 Å². The highest BCUT2D eigenvalue weighted by Gasteiger charge is 2.36. The van der Waals surface area contributed by atoms with Gasteiger partial charge in [-0.2, -0.15) is 4.89 Å². The molecule has 2 heterocycles. The van der Waals surface area contributed by atoms with Crippen molar-refractivity contribution >= 4 is 5.97 Å². The highest BCUT2D eigenvalue weighted by Crippen LogP contribution is 2.25. The summed E-state index contributed by atoms with van der Waals surface area (Å²) in [5, 5.41) is 0. The molecule has 2 rings (SSSR count). The number of allylic oxidation sites excluding steroid dienone is 3. The molecule has 2 aliphatic rings. The number of hydrogen-bond acceptors (Lipinski definition) is 5. The van der Waals surface area contributed by atoms with Crippen molar-refractivity contribution in [3.63, 3.8) is 0 Å². The lowest BCUT2D eigenvalue weighted by Gasteiger charge is -2.27. The van der Waals surface area contributed by atoms with Gasteiger partial charge in [0.25, 0.3) is 0 Å². The van der Waals surface area contributed by atoms with E-state index in [1.807, 2.05) is 42.6 Å². The second-order valence-electron chi connectivity index (χ2n) is 3.27. The molecule has 0 aromatic heterocycles. The first-order chi connectivity index (χ1) is 7.24. The minimum atomic E-state index is -0.485. The molecule has 1 atom stereocenters. The number of nitrogens with zero attached hydrogens (tertiary/aromatic N) is 2. The monoisotopic (exact) mass is 208 g/mol. The van der Waals surface area contributed by atoms with Crippen LogP contribution in [0.1, 0.15) is 0 Å². The zero-order valence-corrected chi connectivity index (χ0v) is 8.58. The van der Waals surface area contributed by atoms with Gasteiger partial charge in [0, 0.05) is 19.4 Å². The number of fused-ring (bicyclic) bond motifs is 1. The van der Waals surface area contributed by atoms with Gasteiger partial charge in [-0.05, 0) is 12.2 Å². The van der Waals surface area contributed by atoms with E-state index < -0.39 is 12.1 Å². The second kappa shape index (κ2) is 3.78. The Bertz CT molecular complexity index is 360. The van der Waals surface area contributed by atoms with E-state index in [1.54, 1.807) is 4.90 Å². The molecule has 15 heavy (non-hydrogen) atoms. The van der Waals surface area contributed by atoms with Gasteiger partial charge in [-0.25, -0.2) is 4.79 Å². The third-order valence-electron chi connectivity index (χ3n) is 2.28. The fourth-order valence-corrected chi connectivity index (χ4v) is 1.68. The van der Waals surface area contributed by atoms with Gasteiger partial charge < -0.3 is 9.80 Å². The maximum atomic E-state index is 11.6. The molecule has 5 nitrogen and oxygen atoms in total. The average molecular weight is 208 g/mol. The Morgan fingerprint density at radius 2 is 2.27 bits per heavy atom. The zero-order chi connectivity index (χ0) is 10.8. The molecule has 0 aromatic rings. The largest absolute Gasteiger partial charge is 0.385 e. The molecular formula is C10H12N2O3. The van der Waals surface area contributed by atoms with Crippen molar-refractivity contribution in [1.82, 2.24) is 9.80 Å². The number of hydrogen-bond donors (Lipinski definition) is 0. The molecular weight excluding hydrogens is 196 g/mol. The quantitative estimate of drug-likeness (QED) is 0.490. The summed E-state index contributed by atoms with van der Waals surface area (Å²) in [5.74, 6) is -0.439. The Labute approximate surface area is 87.8 Å². The Kier molecular flexibility index (Phi) is 2.47. The molecule has 0 saturated carbocycles. The molecule has 0 N–H and O–H groups in total. The standard InChI is InChI=1S/C10H12N2O3/c1-11-7-8-5-3-4-6-12(8)9(11)10(13)15-14-2/h3-7,9H,1-2H3. The van der Waals surface area contributed by atoms with E-state index in [0.717, 1.165) is 5.70 Å². The number of carbonyl (C=O) groups is 1. The minimum absolute atomic E-state index is 0.439. The average Bonchev–Trinajstić information content (AvgIpc) is 2.54. The first kappa shape index (κ1) is 9.79. The maximum absolute atomic E-state index is 11.6. The lowest BCUT2D eigenvalue weighted by atomic mass is 10.3. The van der Waals surface area contributed by atoms with Gasteiger partial charge >= 0.3 is 5.97 Å². The lowest BCUT2D eigenvalue weighted by molar-refractivity contribution is -0.261. The number of rotatable bonds is 2. The van der Waals surface area contributed by atoms with E-state index in [1.165, 1.54) is 7.11 Å². The molecule has 0 bridgehead atoms. The van der Waals surface area contributed by atoms with Crippen LogP contribution in [0, 0.1) is 0 Å². The Balaban J connectivity index is 2.18. The van der Waals surface area contributed by atoms with Gasteiger partial charge in [0.2, 0.25) is 6.17 Å². The van der Waals surface area contributed by atoms with Crippen molar-refractivity contribution in [2.75, 3.05) is 14.2 Å². The molecule has 0 radical (unpaired) electrons. The predicted molar refractivity (Wildman–Crippen MR) is 52.9 cm³/mol. The Morgan fingerprint density at radius 1 is 1.47 bits per heavy atom. The highest BCUT2D eigenvalue weighted by molar-refractivity contribution is 5.76. The van der Waals surface area contributed by atoms with Crippen molar-refractivity contribution < 1.29 is 14.6 Å². The van der Waals surface area contributed by atoms with Gasteiger partial charge in [-0.15, -0.1) is 0 Å². The Morgan fingerprint density at radius 3 is 3.00 bits per heavy atom. The summed E-state index contributed by atoms with van der Waals surface area (Å²) in [5.41, 5.74) is 0.957. The molecule has 0 fully saturated rings. The number of likely N-dealkylation sites (N-methyl/N-ethyl adjacent to an activating group) is 1. The molecule has 0 amide bonds. The third kappa shape index (κ3) is 1.61. The second-order valence-corrected chi connectivity index (χ2v) is 3.27. The van der Waals surface area contributed by atoms with Crippen molar-refractivity contribution in [3.05, 3.63) is 36.3 Å². The van der Waals surface area contributed by atoms with Crippen LogP contribution in [-0.2, 0) is 14.6 Å². The smallest absolute Gasteiger partial charge is 0.349 e. The van der Waals surface area contributed by atoms with Gasteiger partial charge in [-0.1, -0.05) is 6.08 Å². The molecule has 0 aliphatic carbocycles. The molecule has 0 aromatic carbocycles. The molecule has 0 spiro atoms. The normalized spacial score (nSPS) is 22.8. The van der Waals surface area contributed by atoms with E-state index in [4.69, 9.17) is 0 Å². The summed E-state index contributed by atoms with van der Waals surface area (Å²) in [6.07, 6.45) is 8.93. The third-order valence-corrected chi connectivity index (χ3v) is 2.28. The van der Waals surface area contributed by atoms with Crippen LogP contribution in [-0.4, -0.2) is 36.1 Å². The first-order valence-electron chi connectivity index (χ1n) is 4.55. The summed E-state index contributed by atoms with van der Waals surface area (Å²) >= 11 is 0. The Hall–Kier alpha value is -1.75. The van der Waals surface area contributed by atoms with Crippen LogP contribution in [0.15, 0.2) is 36.3 Å². The summed E-state index contributed by atoms with van der Waals surface area (Å²) in [4.78, 5) is 24.1. The van der Waals surface area contributed by atoms with Gasteiger partial charge in [-0.3, -0.25) is 4.89 Å². The van der Waals surface area contributed by atoms with E-state index in [2.05, 4.69) is 9.78 Å². The topological polar surface area (TPSA) is 42.0 Å². The van der Waals surface area contributed by atoms with E-state index >= 15 is 0 Å². The summed E-state index contributed by atoms with van der Waals surface area (Å²) in [7, 11) is 3.13. The predicted octanol–water partition coefficient (Wildman–Crippen LogP) is 0.589. The van der Waals surface area contributed by atoms with Crippen LogP contribution in [0.2, 0.25) is 0 Å². The highest BCUT2D eigenvalue weighted by atomic mass is 17.2. The van der Waals surface area contributed by atoms with Crippen LogP contribution in [0.3, 0.4) is 0 Å².